The number of aldehydes is 1. The summed E-state index contributed by atoms with van der Waals surface area (Å²) in [6, 6.07) is 25.0. The van der Waals surface area contributed by atoms with Gasteiger partial charge in [0.1, 0.15) is 44.7 Å². The van der Waals surface area contributed by atoms with Crippen molar-refractivity contribution in [3.63, 3.8) is 0 Å². The van der Waals surface area contributed by atoms with Crippen molar-refractivity contribution in [3.05, 3.63) is 108 Å². The molecule has 4 aromatic rings. The average Bonchev–Trinajstić information content (AvgIpc) is 1.45. The lowest BCUT2D eigenvalue weighted by atomic mass is 10.0. The number of ether oxygens (including phenoxy) is 4. The summed E-state index contributed by atoms with van der Waals surface area (Å²) in [5.41, 5.74) is 19.2. The van der Waals surface area contributed by atoms with Gasteiger partial charge >= 0.3 is 0 Å². The van der Waals surface area contributed by atoms with Gasteiger partial charge in [-0.05, 0) is 119 Å². The summed E-state index contributed by atoms with van der Waals surface area (Å²) in [7, 11) is 16.9. The minimum absolute atomic E-state index is 0.0232. The molecule has 4 unspecified atom stereocenters. The van der Waals surface area contributed by atoms with Crippen molar-refractivity contribution in [2.45, 2.75) is 109 Å². The number of hydrogen-bond donors (Lipinski definition) is 7. The number of benzene rings is 3. The molecule has 0 bridgehead atoms. The lowest BCUT2D eigenvalue weighted by Gasteiger charge is -2.32. The van der Waals surface area contributed by atoms with Crippen LogP contribution in [0.5, 0.6) is 5.75 Å². The zero-order valence-corrected chi connectivity index (χ0v) is 56.2. The van der Waals surface area contributed by atoms with Gasteiger partial charge in [0.2, 0.25) is 41.9 Å². The van der Waals surface area contributed by atoms with Gasteiger partial charge in [-0.1, -0.05) is 60.7 Å². The first-order valence-corrected chi connectivity index (χ1v) is 30.5. The lowest BCUT2D eigenvalue weighted by Crippen LogP contribution is -2.48. The summed E-state index contributed by atoms with van der Waals surface area (Å²) in [6.45, 7) is 13.5. The SMILES string of the molecule is C=O.CC(N)Cc1ccc(OCCOCCOCC[N+](C)(C)C)cc1.CCN(C)C(=O)C(Cc1cccnc1)NC(=O)CCC(N)=O.CNC.CNC(CCCCN(C)C(C)=O)C(N)=O.CNC=O.O=CC1CCOCN1C(=O)CCc1ccc2ccccc2c1. The highest BCUT2D eigenvalue weighted by atomic mass is 16.5. The molecule has 1 aromatic heterocycles. The molecular formula is C66H109N12O13+. The number of aromatic nitrogens is 1. The summed E-state index contributed by atoms with van der Waals surface area (Å²) in [6.07, 6.45) is 10.1. The molecular weight excluding hydrogens is 1170 g/mol. The Morgan fingerprint density at radius 2 is 1.41 bits per heavy atom. The number of amides is 7. The maximum absolute atomic E-state index is 12.4. The van der Waals surface area contributed by atoms with Crippen LogP contribution >= 0.6 is 0 Å². The molecule has 1 fully saturated rings. The van der Waals surface area contributed by atoms with E-state index >= 15 is 0 Å². The van der Waals surface area contributed by atoms with Crippen molar-refractivity contribution >= 4 is 65.7 Å². The molecule has 510 valence electrons. The Balaban J connectivity index is 0. The lowest BCUT2D eigenvalue weighted by molar-refractivity contribution is -0.870. The van der Waals surface area contributed by atoms with Gasteiger partial charge in [-0.15, -0.1) is 0 Å². The van der Waals surface area contributed by atoms with Crippen LogP contribution in [-0.2, 0) is 76.6 Å². The second kappa shape index (κ2) is 52.9. The number of nitrogens with two attached hydrogens (primary N) is 3. The van der Waals surface area contributed by atoms with E-state index in [1.54, 1.807) is 58.5 Å². The number of pyridine rings is 1. The standard InChI is InChI=1S/C18H33N2O3.C18H19NO3.C15H22N4O3.C10H21N3O2.C2H5NO.C2H7N.CH2O/c1-16(19)15-17-5-7-18(8-6-17)23-14-13-22-12-11-21-10-9-20(2,3)4;20-12-17-9-10-22-13-19(17)18(21)8-6-14-5-7-15-3-1-2-4-16(15)11-14;1-3-19(2)15(22)12(9-11-5-4-8-17-10-11)18-14(21)7-6-13(16)20;1-8(14)13(3)7-5-4-6-9(12-2)10(11)15;1-3-2-4;1-3-2;1-2/h5-8,16H,9-15,19H2,1-4H3;1-5,7,11-12,17H,6,8-10,13H2;4-5,8,10,12H,3,6-7,9H2,1-2H3,(H2,16,20)(H,18,21);9,12H,4-7H2,1-3H3,(H2,11,15);2H,1H3,(H,3,4);3H,1-2H3;1H2/q+1;;;;;;. The minimum Gasteiger partial charge on any atom is -0.491 e. The summed E-state index contributed by atoms with van der Waals surface area (Å²) in [5, 5.41) is 12.9. The topological polar surface area (TPSA) is 339 Å². The van der Waals surface area contributed by atoms with E-state index in [1.807, 2.05) is 65.1 Å². The quantitative estimate of drug-likeness (QED) is 0.0210. The second-order valence-corrected chi connectivity index (χ2v) is 22.1. The molecule has 4 atom stereocenters. The minimum atomic E-state index is -0.686. The highest BCUT2D eigenvalue weighted by molar-refractivity contribution is 5.89. The van der Waals surface area contributed by atoms with Gasteiger partial charge in [0, 0.05) is 85.3 Å². The molecule has 1 aliphatic rings. The fourth-order valence-electron chi connectivity index (χ4n) is 7.94. The Labute approximate surface area is 540 Å². The van der Waals surface area contributed by atoms with Crippen molar-refractivity contribution in [2.75, 3.05) is 129 Å². The van der Waals surface area contributed by atoms with Gasteiger partial charge < -0.3 is 86.2 Å². The van der Waals surface area contributed by atoms with Gasteiger partial charge in [-0.3, -0.25) is 38.5 Å². The number of quaternary nitrogens is 1. The molecule has 0 saturated carbocycles. The molecule has 2 heterocycles. The number of carbonyl (C=O) groups is 9. The summed E-state index contributed by atoms with van der Waals surface area (Å²) >= 11 is 0. The number of rotatable bonds is 32. The number of aryl methyl sites for hydroxylation is 1. The Bertz CT molecular complexity index is 2610. The number of carbonyl (C=O) groups excluding carboxylic acids is 9. The van der Waals surface area contributed by atoms with Gasteiger partial charge in [-0.2, -0.15) is 0 Å². The van der Waals surface area contributed by atoms with Crippen LogP contribution in [0.3, 0.4) is 0 Å². The van der Waals surface area contributed by atoms with Crippen LogP contribution in [0.1, 0.15) is 82.4 Å². The number of nitrogens with one attached hydrogen (secondary N) is 4. The molecule has 0 radical (unpaired) electrons. The first-order chi connectivity index (χ1) is 43.4. The third kappa shape index (κ3) is 43.6. The van der Waals surface area contributed by atoms with Crippen LogP contribution in [0, 0.1) is 0 Å². The third-order valence-corrected chi connectivity index (χ3v) is 13.2. The number of primary amides is 2. The summed E-state index contributed by atoms with van der Waals surface area (Å²) in [5.74, 6) is -0.515. The van der Waals surface area contributed by atoms with Crippen molar-refractivity contribution < 1.29 is 66.6 Å². The second-order valence-electron chi connectivity index (χ2n) is 22.1. The Kier molecular flexibility index (Phi) is 49.6. The van der Waals surface area contributed by atoms with Gasteiger partial charge in [0.15, 0.2) is 0 Å². The van der Waals surface area contributed by atoms with Crippen LogP contribution in [0.15, 0.2) is 91.3 Å². The molecule has 25 nitrogen and oxygen atoms in total. The van der Waals surface area contributed by atoms with E-state index in [1.165, 1.54) is 26.1 Å². The summed E-state index contributed by atoms with van der Waals surface area (Å²) in [4.78, 5) is 106. The Morgan fingerprint density at radius 1 is 0.791 bits per heavy atom. The number of nitrogens with zero attached hydrogens (tertiary/aromatic N) is 5. The van der Waals surface area contributed by atoms with Crippen LogP contribution < -0.4 is 43.2 Å². The molecule has 91 heavy (non-hydrogen) atoms. The Morgan fingerprint density at radius 3 is 1.95 bits per heavy atom. The fourth-order valence-corrected chi connectivity index (χ4v) is 7.94. The van der Waals surface area contributed by atoms with Crippen molar-refractivity contribution in [3.8, 4) is 5.75 Å². The van der Waals surface area contributed by atoms with E-state index in [-0.39, 0.29) is 67.2 Å². The molecule has 0 spiro atoms. The molecule has 5 rings (SSSR count). The number of likely N-dealkylation sites (N-methyl/N-ethyl adjacent to an activating group) is 3. The zero-order valence-electron chi connectivity index (χ0n) is 56.2. The maximum Gasteiger partial charge on any atom is 0.245 e. The normalized spacial score (nSPS) is 13.0. The molecule has 0 aliphatic carbocycles. The fraction of sp³-hybridized carbons (Fsp3) is 0.545. The molecule has 3 aromatic carbocycles. The van der Waals surface area contributed by atoms with Crippen molar-refractivity contribution in [2.24, 2.45) is 17.2 Å². The van der Waals surface area contributed by atoms with Crippen LogP contribution in [-0.4, -0.2) is 233 Å². The average molecular weight is 1280 g/mol. The monoisotopic (exact) mass is 1280 g/mol. The number of fused-ring (bicyclic) bond motifs is 1. The molecule has 1 saturated heterocycles. The summed E-state index contributed by atoms with van der Waals surface area (Å²) < 4.78 is 22.9. The number of hydrogen-bond acceptors (Lipinski definition) is 17. The smallest absolute Gasteiger partial charge is 0.245 e. The van der Waals surface area contributed by atoms with Gasteiger partial charge in [-0.25, -0.2) is 0 Å². The van der Waals surface area contributed by atoms with E-state index in [0.29, 0.717) is 71.7 Å². The van der Waals surface area contributed by atoms with E-state index in [0.717, 1.165) is 73.0 Å². The third-order valence-electron chi connectivity index (χ3n) is 13.2. The van der Waals surface area contributed by atoms with Crippen LogP contribution in [0.2, 0.25) is 0 Å². The predicted octanol–water partition coefficient (Wildman–Crippen LogP) is 2.81. The van der Waals surface area contributed by atoms with Gasteiger partial charge in [0.25, 0.3) is 0 Å². The van der Waals surface area contributed by atoms with Crippen molar-refractivity contribution in [1.29, 1.82) is 0 Å². The first-order valence-electron chi connectivity index (χ1n) is 30.5. The van der Waals surface area contributed by atoms with Crippen LogP contribution in [0.4, 0.5) is 0 Å². The van der Waals surface area contributed by atoms with E-state index in [4.69, 9.17) is 45.7 Å². The molecule has 1 aliphatic heterocycles. The number of unbranched alkanes of at least 4 members (excludes halogenated alkanes) is 1. The van der Waals surface area contributed by atoms with E-state index < -0.39 is 11.9 Å². The van der Waals surface area contributed by atoms with E-state index in [9.17, 15) is 33.6 Å². The first kappa shape index (κ1) is 85.3. The van der Waals surface area contributed by atoms with Gasteiger partial charge in [0.05, 0.1) is 66.3 Å². The molecule has 7 amide bonds. The highest BCUT2D eigenvalue weighted by Gasteiger charge is 2.27. The highest BCUT2D eigenvalue weighted by Crippen LogP contribution is 2.19. The van der Waals surface area contributed by atoms with Crippen LogP contribution in [0.25, 0.3) is 10.8 Å². The maximum atomic E-state index is 12.4. The largest absolute Gasteiger partial charge is 0.491 e. The Hall–Kier alpha value is -7.78. The van der Waals surface area contributed by atoms with Crippen molar-refractivity contribution in [1.82, 2.24) is 41.0 Å². The van der Waals surface area contributed by atoms with E-state index in [2.05, 4.69) is 89.9 Å². The molecule has 10 N–H and O–H groups in total. The molecule has 25 heteroatoms. The zero-order chi connectivity index (χ0) is 69.0. The predicted molar refractivity (Wildman–Crippen MR) is 356 cm³/mol.